The molecule has 2 N–H and O–H groups in total. The highest BCUT2D eigenvalue weighted by atomic mass is 16.5. The van der Waals surface area contributed by atoms with Gasteiger partial charge in [-0.3, -0.25) is 4.79 Å². The van der Waals surface area contributed by atoms with Crippen LogP contribution in [0.4, 0.5) is 5.69 Å². The second-order valence-corrected chi connectivity index (χ2v) is 4.90. The Kier molecular flexibility index (Phi) is 3.95. The first-order valence-corrected chi connectivity index (χ1v) is 6.39. The predicted molar refractivity (Wildman–Crippen MR) is 73.3 cm³/mol. The van der Waals surface area contributed by atoms with E-state index < -0.39 is 0 Å². The molecule has 1 saturated heterocycles. The Labute approximate surface area is 113 Å². The zero-order valence-electron chi connectivity index (χ0n) is 11.6. The molecule has 1 aliphatic rings. The molecule has 5 heteroatoms. The monoisotopic (exact) mass is 264 g/mol. The molecule has 1 aromatic rings. The number of nitrogens with two attached hydrogens (primary N) is 1. The molecule has 0 aromatic heterocycles. The minimum atomic E-state index is -0.0703. The molecule has 0 radical (unpaired) electrons. The van der Waals surface area contributed by atoms with Crippen molar-refractivity contribution >= 4 is 11.6 Å². The molecule has 2 unspecified atom stereocenters. The number of rotatable bonds is 2. The van der Waals surface area contributed by atoms with Gasteiger partial charge < -0.3 is 20.1 Å². The summed E-state index contributed by atoms with van der Waals surface area (Å²) in [5, 5.41) is 0. The summed E-state index contributed by atoms with van der Waals surface area (Å²) in [6.45, 7) is 5.06. The second-order valence-electron chi connectivity index (χ2n) is 4.90. The van der Waals surface area contributed by atoms with Gasteiger partial charge in [0.05, 0.1) is 31.4 Å². The standard InChI is InChI=1S/C14H20N2O3/c1-9-8-19-10(2)7-16(9)14(17)12-6-11(18-3)4-5-13(12)15/h4-6,9-10H,7-8,15H2,1-3H3. The van der Waals surface area contributed by atoms with Gasteiger partial charge in [0, 0.05) is 12.2 Å². The van der Waals surface area contributed by atoms with E-state index in [9.17, 15) is 4.79 Å². The van der Waals surface area contributed by atoms with Crippen molar-refractivity contribution in [2.75, 3.05) is 26.0 Å². The number of amides is 1. The number of benzene rings is 1. The average molecular weight is 264 g/mol. The average Bonchev–Trinajstić information content (AvgIpc) is 2.41. The van der Waals surface area contributed by atoms with E-state index in [0.29, 0.717) is 30.2 Å². The lowest BCUT2D eigenvalue weighted by Gasteiger charge is -2.37. The minimum Gasteiger partial charge on any atom is -0.497 e. The first-order valence-electron chi connectivity index (χ1n) is 6.39. The van der Waals surface area contributed by atoms with Gasteiger partial charge in [0.1, 0.15) is 5.75 Å². The summed E-state index contributed by atoms with van der Waals surface area (Å²) in [4.78, 5) is 14.4. The zero-order valence-corrected chi connectivity index (χ0v) is 11.6. The van der Waals surface area contributed by atoms with Crippen LogP contribution in [0, 0.1) is 0 Å². The number of nitrogens with zero attached hydrogens (tertiary/aromatic N) is 1. The number of nitrogen functional groups attached to an aromatic ring is 1. The molecule has 1 fully saturated rings. The molecule has 104 valence electrons. The Hall–Kier alpha value is -1.75. The number of hydrogen-bond acceptors (Lipinski definition) is 4. The van der Waals surface area contributed by atoms with Crippen LogP contribution in [0.15, 0.2) is 18.2 Å². The van der Waals surface area contributed by atoms with Gasteiger partial charge in [0.2, 0.25) is 0 Å². The van der Waals surface area contributed by atoms with Crippen LogP contribution in [-0.4, -0.2) is 43.2 Å². The summed E-state index contributed by atoms with van der Waals surface area (Å²) >= 11 is 0. The van der Waals surface area contributed by atoms with Gasteiger partial charge in [0.25, 0.3) is 5.91 Å². The van der Waals surface area contributed by atoms with Crippen LogP contribution in [0.1, 0.15) is 24.2 Å². The van der Waals surface area contributed by atoms with E-state index in [-0.39, 0.29) is 18.1 Å². The fourth-order valence-electron chi connectivity index (χ4n) is 2.19. The van der Waals surface area contributed by atoms with E-state index in [2.05, 4.69) is 0 Å². The molecular weight excluding hydrogens is 244 g/mol. The Bertz CT molecular complexity index is 476. The molecule has 0 bridgehead atoms. The predicted octanol–water partition coefficient (Wildman–Crippen LogP) is 1.53. The topological polar surface area (TPSA) is 64.8 Å². The molecule has 2 rings (SSSR count). The summed E-state index contributed by atoms with van der Waals surface area (Å²) in [7, 11) is 1.57. The van der Waals surface area contributed by atoms with Gasteiger partial charge in [-0.1, -0.05) is 0 Å². The van der Waals surface area contributed by atoms with E-state index in [0.717, 1.165) is 0 Å². The number of methoxy groups -OCH3 is 1. The van der Waals surface area contributed by atoms with E-state index in [1.807, 2.05) is 13.8 Å². The van der Waals surface area contributed by atoms with Crippen molar-refractivity contribution < 1.29 is 14.3 Å². The van der Waals surface area contributed by atoms with Crippen LogP contribution in [0.3, 0.4) is 0 Å². The second kappa shape index (κ2) is 5.48. The van der Waals surface area contributed by atoms with Crippen molar-refractivity contribution in [1.82, 2.24) is 4.90 Å². The van der Waals surface area contributed by atoms with Crippen LogP contribution in [-0.2, 0) is 4.74 Å². The summed E-state index contributed by atoms with van der Waals surface area (Å²) in [6.07, 6.45) is 0.0481. The summed E-state index contributed by atoms with van der Waals surface area (Å²) in [5.41, 5.74) is 6.85. The van der Waals surface area contributed by atoms with E-state index >= 15 is 0 Å². The Morgan fingerprint density at radius 2 is 2.21 bits per heavy atom. The molecule has 2 atom stereocenters. The van der Waals surface area contributed by atoms with Gasteiger partial charge in [-0.25, -0.2) is 0 Å². The van der Waals surface area contributed by atoms with Crippen LogP contribution in [0.2, 0.25) is 0 Å². The van der Waals surface area contributed by atoms with Crippen LogP contribution in [0.25, 0.3) is 0 Å². The quantitative estimate of drug-likeness (QED) is 0.823. The third kappa shape index (κ3) is 2.81. The highest BCUT2D eigenvalue weighted by Gasteiger charge is 2.29. The Morgan fingerprint density at radius 3 is 2.89 bits per heavy atom. The van der Waals surface area contributed by atoms with Gasteiger partial charge in [-0.05, 0) is 32.0 Å². The number of carbonyl (C=O) groups excluding carboxylic acids is 1. The van der Waals surface area contributed by atoms with Crippen LogP contribution in [0.5, 0.6) is 5.75 Å². The number of anilines is 1. The lowest BCUT2D eigenvalue weighted by molar-refractivity contribution is -0.0386. The largest absolute Gasteiger partial charge is 0.497 e. The third-order valence-electron chi connectivity index (χ3n) is 3.36. The lowest BCUT2D eigenvalue weighted by Crippen LogP contribution is -2.50. The molecular formula is C14H20N2O3. The molecule has 1 aliphatic heterocycles. The highest BCUT2D eigenvalue weighted by molar-refractivity contribution is 5.99. The van der Waals surface area contributed by atoms with E-state index in [4.69, 9.17) is 15.2 Å². The Balaban J connectivity index is 2.27. The fourth-order valence-corrected chi connectivity index (χ4v) is 2.19. The van der Waals surface area contributed by atoms with Crippen molar-refractivity contribution in [3.8, 4) is 5.75 Å². The number of hydrogen-bond donors (Lipinski definition) is 1. The molecule has 0 saturated carbocycles. The van der Waals surface area contributed by atoms with Gasteiger partial charge >= 0.3 is 0 Å². The van der Waals surface area contributed by atoms with E-state index in [1.54, 1.807) is 30.2 Å². The number of ether oxygens (including phenoxy) is 2. The van der Waals surface area contributed by atoms with E-state index in [1.165, 1.54) is 0 Å². The third-order valence-corrected chi connectivity index (χ3v) is 3.36. The molecule has 1 amide bonds. The van der Waals surface area contributed by atoms with Crippen molar-refractivity contribution in [2.45, 2.75) is 26.0 Å². The summed E-state index contributed by atoms with van der Waals surface area (Å²) in [6, 6.07) is 5.18. The van der Waals surface area contributed by atoms with Gasteiger partial charge in [-0.2, -0.15) is 0 Å². The van der Waals surface area contributed by atoms with Gasteiger partial charge in [-0.15, -0.1) is 0 Å². The normalized spacial score (nSPS) is 23.2. The Morgan fingerprint density at radius 1 is 1.47 bits per heavy atom. The molecule has 0 aliphatic carbocycles. The van der Waals surface area contributed by atoms with Crippen molar-refractivity contribution in [3.05, 3.63) is 23.8 Å². The van der Waals surface area contributed by atoms with Crippen LogP contribution >= 0.6 is 0 Å². The maximum Gasteiger partial charge on any atom is 0.256 e. The van der Waals surface area contributed by atoms with Crippen molar-refractivity contribution in [2.24, 2.45) is 0 Å². The fraction of sp³-hybridized carbons (Fsp3) is 0.500. The highest BCUT2D eigenvalue weighted by Crippen LogP contribution is 2.23. The summed E-state index contributed by atoms with van der Waals surface area (Å²) in [5.74, 6) is 0.561. The zero-order chi connectivity index (χ0) is 14.0. The molecule has 1 aromatic carbocycles. The first-order chi connectivity index (χ1) is 9.02. The van der Waals surface area contributed by atoms with Crippen molar-refractivity contribution in [3.63, 3.8) is 0 Å². The summed E-state index contributed by atoms with van der Waals surface area (Å²) < 4.78 is 10.7. The maximum absolute atomic E-state index is 12.6. The smallest absolute Gasteiger partial charge is 0.256 e. The van der Waals surface area contributed by atoms with Crippen LogP contribution < -0.4 is 10.5 Å². The van der Waals surface area contributed by atoms with Gasteiger partial charge in [0.15, 0.2) is 0 Å². The number of morpholine rings is 1. The van der Waals surface area contributed by atoms with Crippen molar-refractivity contribution in [1.29, 1.82) is 0 Å². The SMILES string of the molecule is COc1ccc(N)c(C(=O)N2CC(C)OCC2C)c1. The molecule has 19 heavy (non-hydrogen) atoms. The number of carbonyl (C=O) groups is 1. The maximum atomic E-state index is 12.6. The lowest BCUT2D eigenvalue weighted by atomic mass is 10.1. The molecule has 1 heterocycles. The molecule has 0 spiro atoms. The molecule has 5 nitrogen and oxygen atoms in total. The first kappa shape index (κ1) is 13.7. The minimum absolute atomic E-state index is 0.0481.